The van der Waals surface area contributed by atoms with Crippen LogP contribution in [0.5, 0.6) is 0 Å². The summed E-state index contributed by atoms with van der Waals surface area (Å²) in [6, 6.07) is 19.7. The third-order valence-corrected chi connectivity index (χ3v) is 8.40. The molecule has 1 nitrogen and oxygen atoms in total. The van der Waals surface area contributed by atoms with Gasteiger partial charge in [0, 0.05) is 0 Å². The van der Waals surface area contributed by atoms with E-state index in [-0.39, 0.29) is 9.76 Å². The minimum atomic E-state index is -1.30. The van der Waals surface area contributed by atoms with Crippen molar-refractivity contribution in [3.63, 3.8) is 0 Å². The minimum Gasteiger partial charge on any atom is -0.460 e. The van der Waals surface area contributed by atoms with E-state index >= 15 is 0 Å². The molecule has 0 spiro atoms. The molecule has 0 N–H and O–H groups in total. The standard InChI is InChI=1S/C16H18OSi2/c1-18-17-19(2)16-14-9-5-3-7-12(14)11-13-8-4-6-10-15(13)16/h3-11,19H,18H2,1-2H3. The van der Waals surface area contributed by atoms with Gasteiger partial charge in [-0.15, -0.1) is 0 Å². The van der Waals surface area contributed by atoms with Crippen LogP contribution >= 0.6 is 0 Å². The van der Waals surface area contributed by atoms with Crippen molar-refractivity contribution in [2.75, 3.05) is 0 Å². The lowest BCUT2D eigenvalue weighted by Crippen LogP contribution is -2.32. The van der Waals surface area contributed by atoms with Crippen LogP contribution in [0.3, 0.4) is 0 Å². The second-order valence-electron chi connectivity index (χ2n) is 4.83. The second-order valence-corrected chi connectivity index (χ2v) is 8.60. The van der Waals surface area contributed by atoms with Crippen LogP contribution < -0.4 is 5.19 Å². The van der Waals surface area contributed by atoms with E-state index in [1.54, 1.807) is 0 Å². The first-order valence-corrected chi connectivity index (χ1v) is 11.0. The molecule has 0 bridgehead atoms. The summed E-state index contributed by atoms with van der Waals surface area (Å²) in [4.78, 5) is 0. The van der Waals surface area contributed by atoms with Gasteiger partial charge in [-0.2, -0.15) is 0 Å². The second kappa shape index (κ2) is 5.29. The molecule has 0 aliphatic heterocycles. The van der Waals surface area contributed by atoms with Crippen molar-refractivity contribution in [1.82, 2.24) is 0 Å². The largest absolute Gasteiger partial charge is 0.460 e. The van der Waals surface area contributed by atoms with Crippen molar-refractivity contribution < 1.29 is 4.12 Å². The summed E-state index contributed by atoms with van der Waals surface area (Å²) < 4.78 is 6.12. The van der Waals surface area contributed by atoms with Crippen molar-refractivity contribution in [2.45, 2.75) is 13.1 Å². The van der Waals surface area contributed by atoms with E-state index in [2.05, 4.69) is 67.7 Å². The molecule has 0 radical (unpaired) electrons. The Hall–Kier alpha value is -1.43. The van der Waals surface area contributed by atoms with Gasteiger partial charge in [-0.25, -0.2) is 0 Å². The zero-order valence-electron chi connectivity index (χ0n) is 11.4. The highest BCUT2D eigenvalue weighted by Gasteiger charge is 2.15. The van der Waals surface area contributed by atoms with Crippen LogP contribution in [0.4, 0.5) is 0 Å². The maximum absolute atomic E-state index is 6.12. The first-order valence-electron chi connectivity index (χ1n) is 6.83. The molecule has 0 heterocycles. The van der Waals surface area contributed by atoms with Gasteiger partial charge < -0.3 is 4.12 Å². The van der Waals surface area contributed by atoms with Crippen molar-refractivity contribution in [1.29, 1.82) is 0 Å². The van der Waals surface area contributed by atoms with E-state index in [0.717, 1.165) is 0 Å². The van der Waals surface area contributed by atoms with Crippen LogP contribution in [0.25, 0.3) is 21.5 Å². The van der Waals surface area contributed by atoms with Crippen molar-refractivity contribution >= 4 is 45.5 Å². The van der Waals surface area contributed by atoms with Crippen LogP contribution in [0.2, 0.25) is 13.1 Å². The molecule has 0 saturated heterocycles. The molecule has 0 aromatic heterocycles. The third-order valence-electron chi connectivity index (χ3n) is 3.64. The predicted molar refractivity (Wildman–Crippen MR) is 89.6 cm³/mol. The molecule has 0 amide bonds. The van der Waals surface area contributed by atoms with Crippen LogP contribution in [0.1, 0.15) is 0 Å². The summed E-state index contributed by atoms with van der Waals surface area (Å²) >= 11 is 0. The fourth-order valence-electron chi connectivity index (χ4n) is 2.82. The minimum absolute atomic E-state index is 0.348. The normalized spacial score (nSPS) is 13.6. The Morgan fingerprint density at radius 1 is 0.895 bits per heavy atom. The van der Waals surface area contributed by atoms with Gasteiger partial charge in [-0.3, -0.25) is 0 Å². The van der Waals surface area contributed by atoms with E-state index in [4.69, 9.17) is 4.12 Å². The lowest BCUT2D eigenvalue weighted by Gasteiger charge is -2.17. The van der Waals surface area contributed by atoms with Gasteiger partial charge in [-0.05, 0) is 39.3 Å². The number of fused-ring (bicyclic) bond motifs is 2. The highest BCUT2D eigenvalue weighted by molar-refractivity contribution is 6.75. The summed E-state index contributed by atoms with van der Waals surface area (Å²) in [5.74, 6) is 0. The number of hydrogen-bond acceptors (Lipinski definition) is 1. The first kappa shape index (κ1) is 12.6. The van der Waals surface area contributed by atoms with Crippen molar-refractivity contribution in [3.8, 4) is 0 Å². The van der Waals surface area contributed by atoms with Gasteiger partial charge in [0.25, 0.3) is 0 Å². The molecule has 0 fully saturated rings. The van der Waals surface area contributed by atoms with Gasteiger partial charge >= 0.3 is 0 Å². The Balaban J connectivity index is 2.39. The lowest BCUT2D eigenvalue weighted by molar-refractivity contribution is 0.637. The average Bonchev–Trinajstić information content (AvgIpc) is 2.44. The van der Waals surface area contributed by atoms with Crippen LogP contribution in [0, 0.1) is 0 Å². The maximum atomic E-state index is 6.12. The summed E-state index contributed by atoms with van der Waals surface area (Å²) in [7, 11) is -1.65. The SMILES string of the molecule is C[SiH2]O[SiH](C)c1c2ccccc2cc2ccccc12. The van der Waals surface area contributed by atoms with Gasteiger partial charge in [0.15, 0.2) is 9.04 Å². The van der Waals surface area contributed by atoms with Crippen LogP contribution in [0.15, 0.2) is 54.6 Å². The van der Waals surface area contributed by atoms with Crippen LogP contribution in [-0.4, -0.2) is 18.8 Å². The van der Waals surface area contributed by atoms with Crippen LogP contribution in [-0.2, 0) is 4.12 Å². The van der Waals surface area contributed by atoms with Crippen molar-refractivity contribution in [3.05, 3.63) is 54.6 Å². The Labute approximate surface area is 117 Å². The fourth-order valence-corrected chi connectivity index (χ4v) is 6.89. The smallest absolute Gasteiger partial charge is 0.193 e. The molecule has 0 aliphatic rings. The lowest BCUT2D eigenvalue weighted by atomic mass is 10.0. The Bertz CT molecular complexity index is 670. The molecule has 19 heavy (non-hydrogen) atoms. The van der Waals surface area contributed by atoms with E-state index in [0.29, 0.717) is 0 Å². The average molecular weight is 282 g/mol. The van der Waals surface area contributed by atoms with Gasteiger partial charge in [0.05, 0.1) is 0 Å². The molecule has 3 aromatic rings. The summed E-state index contributed by atoms with van der Waals surface area (Å²) in [5.41, 5.74) is 0. The molecular weight excluding hydrogens is 264 g/mol. The number of rotatable bonds is 3. The number of benzene rings is 3. The van der Waals surface area contributed by atoms with E-state index < -0.39 is 9.04 Å². The fraction of sp³-hybridized carbons (Fsp3) is 0.125. The molecule has 0 saturated carbocycles. The van der Waals surface area contributed by atoms with Crippen molar-refractivity contribution in [2.24, 2.45) is 0 Å². The topological polar surface area (TPSA) is 9.23 Å². The van der Waals surface area contributed by atoms with E-state index in [1.165, 1.54) is 26.7 Å². The first-order chi connectivity index (χ1) is 9.31. The molecule has 1 unspecified atom stereocenters. The highest BCUT2D eigenvalue weighted by atomic mass is 28.3. The molecular formula is C16H18OSi2. The Morgan fingerprint density at radius 3 is 1.95 bits per heavy atom. The number of hydrogen-bond donors (Lipinski definition) is 0. The van der Waals surface area contributed by atoms with Gasteiger partial charge in [0.1, 0.15) is 9.76 Å². The molecule has 0 aliphatic carbocycles. The van der Waals surface area contributed by atoms with Gasteiger partial charge in [0.2, 0.25) is 0 Å². The quantitative estimate of drug-likeness (QED) is 0.530. The summed E-state index contributed by atoms with van der Waals surface area (Å²) in [6.07, 6.45) is 0. The summed E-state index contributed by atoms with van der Waals surface area (Å²) in [5, 5.41) is 6.89. The van der Waals surface area contributed by atoms with Gasteiger partial charge in [-0.1, -0.05) is 55.1 Å². The molecule has 3 aromatic carbocycles. The third kappa shape index (κ3) is 2.25. The molecule has 96 valence electrons. The van der Waals surface area contributed by atoms with E-state index in [1.807, 2.05) is 0 Å². The predicted octanol–water partition coefficient (Wildman–Crippen LogP) is 2.70. The molecule has 3 heteroatoms. The zero-order valence-corrected chi connectivity index (χ0v) is 14.0. The summed E-state index contributed by atoms with van der Waals surface area (Å²) in [6.45, 7) is 4.53. The Morgan fingerprint density at radius 2 is 1.42 bits per heavy atom. The maximum Gasteiger partial charge on any atom is 0.193 e. The molecule has 3 rings (SSSR count). The zero-order chi connectivity index (χ0) is 13.2. The molecule has 1 atom stereocenters. The highest BCUT2D eigenvalue weighted by Crippen LogP contribution is 2.21. The Kier molecular flexibility index (Phi) is 3.51. The van der Waals surface area contributed by atoms with E-state index in [9.17, 15) is 0 Å². The monoisotopic (exact) mass is 282 g/mol.